The summed E-state index contributed by atoms with van der Waals surface area (Å²) in [6, 6.07) is 18.6. The van der Waals surface area contributed by atoms with Crippen LogP contribution < -0.4 is 14.8 Å². The Morgan fingerprint density at radius 3 is 2.46 bits per heavy atom. The Hall–Kier alpha value is -3.41. The summed E-state index contributed by atoms with van der Waals surface area (Å²) in [5.74, 6) is -0.366. The number of thioether (sulfide) groups is 1. The molecule has 3 aromatic carbocycles. The number of hydrogen-bond donors (Lipinski definition) is 2. The first-order valence-corrected chi connectivity index (χ1v) is 14.1. The second-order valence-electron chi connectivity index (χ2n) is 8.06. The maximum absolute atomic E-state index is 12.4. The van der Waals surface area contributed by atoms with Crippen LogP contribution >= 0.6 is 27.7 Å². The van der Waals surface area contributed by atoms with E-state index in [2.05, 4.69) is 31.0 Å². The molecule has 2 amide bonds. The van der Waals surface area contributed by atoms with E-state index in [-0.39, 0.29) is 17.2 Å². The number of hydrogen-bond acceptors (Lipinski definition) is 7. The van der Waals surface area contributed by atoms with Crippen molar-refractivity contribution < 1.29 is 22.7 Å². The number of amides is 2. The third kappa shape index (κ3) is 6.88. The van der Waals surface area contributed by atoms with Crippen molar-refractivity contribution in [2.75, 3.05) is 12.4 Å². The molecule has 2 N–H and O–H groups in total. The van der Waals surface area contributed by atoms with Crippen molar-refractivity contribution in [3.05, 3.63) is 92.8 Å². The summed E-state index contributed by atoms with van der Waals surface area (Å²) in [5, 5.41) is 3.50. The number of nitrogens with zero attached hydrogens (tertiary/aromatic N) is 1. The van der Waals surface area contributed by atoms with E-state index in [9.17, 15) is 18.0 Å². The lowest BCUT2D eigenvalue weighted by Crippen LogP contribution is -2.31. The van der Waals surface area contributed by atoms with Crippen molar-refractivity contribution >= 4 is 66.5 Å². The minimum atomic E-state index is -3.94. The monoisotopic (exact) mass is 599 g/mol. The van der Waals surface area contributed by atoms with Gasteiger partial charge in [-0.1, -0.05) is 45.8 Å². The highest BCUT2D eigenvalue weighted by Crippen LogP contribution is 2.32. The van der Waals surface area contributed by atoms with Gasteiger partial charge in [-0.05, 0) is 72.8 Å². The van der Waals surface area contributed by atoms with Gasteiger partial charge in [-0.25, -0.2) is 13.1 Å². The largest absolute Gasteiger partial charge is 0.496 e. The van der Waals surface area contributed by atoms with Crippen LogP contribution in [0.4, 0.5) is 5.69 Å². The number of aliphatic imine (C=N–C) groups is 1. The predicted octanol–water partition coefficient (Wildman–Crippen LogP) is 4.90. The Bertz CT molecular complexity index is 1520. The number of halogens is 1. The van der Waals surface area contributed by atoms with Gasteiger partial charge < -0.3 is 10.1 Å². The molecule has 37 heavy (non-hydrogen) atoms. The van der Waals surface area contributed by atoms with Crippen LogP contribution in [-0.2, 0) is 26.0 Å². The normalized spacial score (nSPS) is 14.4. The number of carbonyl (C=O) groups is 2. The Morgan fingerprint density at radius 2 is 1.78 bits per heavy atom. The minimum Gasteiger partial charge on any atom is -0.496 e. The molecule has 0 saturated heterocycles. The summed E-state index contributed by atoms with van der Waals surface area (Å²) >= 11 is 4.62. The van der Waals surface area contributed by atoms with Gasteiger partial charge in [0, 0.05) is 15.7 Å². The van der Waals surface area contributed by atoms with Crippen LogP contribution in [0.15, 0.2) is 86.0 Å². The zero-order valence-corrected chi connectivity index (χ0v) is 23.0. The number of anilines is 1. The maximum atomic E-state index is 12.4. The molecule has 0 aromatic heterocycles. The highest BCUT2D eigenvalue weighted by Gasteiger charge is 2.23. The van der Waals surface area contributed by atoms with E-state index in [0.717, 1.165) is 15.6 Å². The van der Waals surface area contributed by atoms with E-state index in [1.165, 1.54) is 23.9 Å². The van der Waals surface area contributed by atoms with Crippen molar-refractivity contribution in [3.8, 4) is 5.75 Å². The molecule has 0 bridgehead atoms. The maximum Gasteiger partial charge on any atom is 0.286 e. The Kier molecular flexibility index (Phi) is 8.16. The van der Waals surface area contributed by atoms with Crippen molar-refractivity contribution in [1.82, 2.24) is 4.72 Å². The number of methoxy groups -OCH3 is 1. The standard InChI is InChI=1S/C26H22BrN3O5S2/c1-16-3-10-21(11-4-16)37(33,34)30-24(31)13-17-5-8-20(9-6-17)28-26-29-25(32)23(36-26)15-18-14-19(27)7-12-22(18)35-2/h3-12,14-15H,13H2,1-2H3,(H,30,31)(H,28,29,32). The lowest BCUT2D eigenvalue weighted by molar-refractivity contribution is -0.118. The van der Waals surface area contributed by atoms with Crippen molar-refractivity contribution in [2.45, 2.75) is 18.2 Å². The summed E-state index contributed by atoms with van der Waals surface area (Å²) in [6.07, 6.45) is 1.61. The first-order chi connectivity index (χ1) is 17.6. The fourth-order valence-electron chi connectivity index (χ4n) is 3.40. The first-order valence-electron chi connectivity index (χ1n) is 11.0. The fraction of sp³-hybridized carbons (Fsp3) is 0.115. The number of benzene rings is 3. The Balaban J connectivity index is 1.36. The summed E-state index contributed by atoms with van der Waals surface area (Å²) in [4.78, 5) is 29.3. The molecule has 1 aliphatic heterocycles. The van der Waals surface area contributed by atoms with Gasteiger partial charge in [-0.15, -0.1) is 0 Å². The van der Waals surface area contributed by atoms with E-state index in [0.29, 0.717) is 27.1 Å². The van der Waals surface area contributed by atoms with Crippen LogP contribution in [0.25, 0.3) is 6.08 Å². The van der Waals surface area contributed by atoms with Crippen molar-refractivity contribution in [1.29, 1.82) is 0 Å². The number of amidine groups is 1. The summed E-state index contributed by atoms with van der Waals surface area (Å²) in [6.45, 7) is 1.85. The number of ether oxygens (including phenoxy) is 1. The lowest BCUT2D eigenvalue weighted by atomic mass is 10.1. The Labute approximate surface area is 227 Å². The van der Waals surface area contributed by atoms with Crippen LogP contribution in [0.5, 0.6) is 5.75 Å². The average molecular weight is 601 g/mol. The number of aryl methyl sites for hydroxylation is 1. The number of carbonyl (C=O) groups excluding carboxylic acids is 2. The van der Waals surface area contributed by atoms with Gasteiger partial charge in [-0.3, -0.25) is 9.59 Å². The molecule has 8 nitrogen and oxygen atoms in total. The van der Waals surface area contributed by atoms with E-state index in [1.807, 2.05) is 19.1 Å². The van der Waals surface area contributed by atoms with Crippen LogP contribution in [0.2, 0.25) is 0 Å². The molecule has 1 heterocycles. The van der Waals surface area contributed by atoms with E-state index >= 15 is 0 Å². The molecule has 11 heteroatoms. The highest BCUT2D eigenvalue weighted by atomic mass is 79.9. The van der Waals surface area contributed by atoms with Gasteiger partial charge in [0.1, 0.15) is 5.75 Å². The van der Waals surface area contributed by atoms with Gasteiger partial charge in [-0.2, -0.15) is 4.99 Å². The van der Waals surface area contributed by atoms with Crippen molar-refractivity contribution in [3.63, 3.8) is 0 Å². The zero-order valence-electron chi connectivity index (χ0n) is 19.8. The van der Waals surface area contributed by atoms with Crippen LogP contribution in [0.1, 0.15) is 16.7 Å². The molecular formula is C26H22BrN3O5S2. The molecule has 0 spiro atoms. The second kappa shape index (κ2) is 11.3. The molecule has 190 valence electrons. The lowest BCUT2D eigenvalue weighted by Gasteiger charge is -2.09. The number of nitrogens with one attached hydrogen (secondary N) is 2. The van der Waals surface area contributed by atoms with E-state index in [4.69, 9.17) is 4.74 Å². The van der Waals surface area contributed by atoms with E-state index < -0.39 is 15.9 Å². The van der Waals surface area contributed by atoms with Crippen LogP contribution in [0, 0.1) is 6.92 Å². The molecule has 1 aliphatic rings. The number of sulfonamides is 1. The predicted molar refractivity (Wildman–Crippen MR) is 149 cm³/mol. The van der Waals surface area contributed by atoms with Gasteiger partial charge in [0.2, 0.25) is 5.91 Å². The molecule has 0 saturated carbocycles. The van der Waals surface area contributed by atoms with E-state index in [1.54, 1.807) is 55.7 Å². The average Bonchev–Trinajstić information content (AvgIpc) is 3.18. The SMILES string of the molecule is COc1ccc(Br)cc1C=C1SC(Nc2ccc(CC(=O)NS(=O)(=O)c3ccc(C)cc3)cc2)=NC1=O. The molecule has 0 aliphatic carbocycles. The fourth-order valence-corrected chi connectivity index (χ4v) is 5.59. The van der Waals surface area contributed by atoms with Gasteiger partial charge in [0.05, 0.1) is 23.3 Å². The number of rotatable bonds is 7. The van der Waals surface area contributed by atoms with Gasteiger partial charge in [0.25, 0.3) is 15.9 Å². The topological polar surface area (TPSA) is 114 Å². The summed E-state index contributed by atoms with van der Waals surface area (Å²) in [7, 11) is -2.37. The second-order valence-corrected chi connectivity index (χ2v) is 11.7. The van der Waals surface area contributed by atoms with Gasteiger partial charge >= 0.3 is 0 Å². The first kappa shape index (κ1) is 26.6. The molecule has 0 unspecified atom stereocenters. The van der Waals surface area contributed by atoms with Gasteiger partial charge in [0.15, 0.2) is 5.17 Å². The van der Waals surface area contributed by atoms with Crippen molar-refractivity contribution in [2.24, 2.45) is 4.99 Å². The third-order valence-electron chi connectivity index (χ3n) is 5.25. The molecule has 0 fully saturated rings. The summed E-state index contributed by atoms with van der Waals surface area (Å²) in [5.41, 5.74) is 2.96. The molecule has 4 rings (SSSR count). The zero-order chi connectivity index (χ0) is 26.6. The molecule has 3 aromatic rings. The molecule has 0 atom stereocenters. The minimum absolute atomic E-state index is 0.0298. The van der Waals surface area contributed by atoms with Crippen LogP contribution in [-0.4, -0.2) is 32.5 Å². The summed E-state index contributed by atoms with van der Waals surface area (Å²) < 4.78 is 33.1. The van der Waals surface area contributed by atoms with Crippen LogP contribution in [0.3, 0.4) is 0 Å². The molecule has 0 radical (unpaired) electrons. The third-order valence-corrected chi connectivity index (χ3v) is 8.03. The quantitative estimate of drug-likeness (QED) is 0.371. The smallest absolute Gasteiger partial charge is 0.286 e. The Morgan fingerprint density at radius 1 is 1.08 bits per heavy atom. The highest BCUT2D eigenvalue weighted by molar-refractivity contribution is 9.10. The molecular weight excluding hydrogens is 578 g/mol.